The van der Waals surface area contributed by atoms with E-state index >= 15 is 0 Å². The first kappa shape index (κ1) is 23.4. The maximum absolute atomic E-state index is 14.2. The molecule has 0 saturated heterocycles. The smallest absolute Gasteiger partial charge is 0.267 e. The van der Waals surface area contributed by atoms with Crippen molar-refractivity contribution in [3.05, 3.63) is 94.6 Å². The van der Waals surface area contributed by atoms with Crippen LogP contribution in [0.2, 0.25) is 0 Å². The van der Waals surface area contributed by atoms with E-state index in [9.17, 15) is 14.0 Å². The largest absolute Gasteiger partial charge is 0.356 e. The molecule has 182 valence electrons. The zero-order valence-corrected chi connectivity index (χ0v) is 20.4. The third-order valence-corrected chi connectivity index (χ3v) is 6.64. The summed E-state index contributed by atoms with van der Waals surface area (Å²) in [7, 11) is 1.61. The minimum atomic E-state index is -0.271. The highest BCUT2D eigenvalue weighted by Crippen LogP contribution is 2.28. The van der Waals surface area contributed by atoms with Gasteiger partial charge in [0, 0.05) is 41.1 Å². The molecule has 4 N–H and O–H groups in total. The molecule has 2 aromatic heterocycles. The zero-order chi connectivity index (χ0) is 25.4. The van der Waals surface area contributed by atoms with Crippen molar-refractivity contribution in [3.8, 4) is 11.1 Å². The van der Waals surface area contributed by atoms with Crippen molar-refractivity contribution in [2.45, 2.75) is 20.3 Å². The van der Waals surface area contributed by atoms with Crippen molar-refractivity contribution in [3.63, 3.8) is 0 Å². The van der Waals surface area contributed by atoms with Gasteiger partial charge in [0.05, 0.1) is 5.52 Å². The molecule has 0 radical (unpaired) electrons. The van der Waals surface area contributed by atoms with E-state index in [1.54, 1.807) is 19.2 Å². The van der Waals surface area contributed by atoms with Crippen molar-refractivity contribution in [1.82, 2.24) is 20.6 Å². The van der Waals surface area contributed by atoms with Crippen molar-refractivity contribution in [1.29, 1.82) is 0 Å². The van der Waals surface area contributed by atoms with E-state index in [0.29, 0.717) is 29.7 Å². The molecule has 0 fully saturated rings. The van der Waals surface area contributed by atoms with Crippen LogP contribution in [0.5, 0.6) is 0 Å². The summed E-state index contributed by atoms with van der Waals surface area (Å²) in [6, 6.07) is 18.4. The van der Waals surface area contributed by atoms with Gasteiger partial charge >= 0.3 is 0 Å². The second-order valence-electron chi connectivity index (χ2n) is 8.99. The van der Waals surface area contributed by atoms with E-state index < -0.39 is 0 Å². The Morgan fingerprint density at radius 3 is 2.53 bits per heavy atom. The van der Waals surface area contributed by atoms with Crippen LogP contribution in [0.15, 0.2) is 60.7 Å². The molecule has 0 saturated carbocycles. The molecule has 5 rings (SSSR count). The first-order valence-electron chi connectivity index (χ1n) is 11.9. The van der Waals surface area contributed by atoms with Crippen LogP contribution in [0.25, 0.3) is 32.9 Å². The molecule has 3 aromatic carbocycles. The number of aryl methyl sites for hydroxylation is 2. The van der Waals surface area contributed by atoms with Crippen LogP contribution in [-0.4, -0.2) is 35.4 Å². The second-order valence-corrected chi connectivity index (χ2v) is 8.99. The maximum atomic E-state index is 14.2. The van der Waals surface area contributed by atoms with Crippen LogP contribution < -0.4 is 10.6 Å². The topological polar surface area (TPSA) is 89.8 Å². The van der Waals surface area contributed by atoms with Crippen LogP contribution in [-0.2, 0) is 6.42 Å². The van der Waals surface area contributed by atoms with Gasteiger partial charge in [0.2, 0.25) is 0 Å². The maximum Gasteiger partial charge on any atom is 0.267 e. The molecule has 5 aromatic rings. The molecule has 0 spiro atoms. The minimum Gasteiger partial charge on any atom is -0.356 e. The number of nitrogens with one attached hydrogen (secondary N) is 4. The lowest BCUT2D eigenvalue weighted by atomic mass is 10.0. The van der Waals surface area contributed by atoms with Crippen LogP contribution in [0.4, 0.5) is 4.39 Å². The van der Waals surface area contributed by atoms with Gasteiger partial charge in [0.15, 0.2) is 0 Å². The standard InChI is InChI=1S/C29H27FN4O2/c1-16-7-9-23(30)27-26(16)22(17(2)33-27)11-12-32-29(36)25-15-21-14-19(8-10-24(21)34-25)18-5-4-6-20(13-18)28(35)31-3/h4-10,13-15,33-34H,11-12H2,1-3H3,(H,31,35)(H,32,36). The van der Waals surface area contributed by atoms with Crippen LogP contribution in [0.3, 0.4) is 0 Å². The van der Waals surface area contributed by atoms with Crippen LogP contribution in [0.1, 0.15) is 37.7 Å². The Balaban J connectivity index is 1.32. The lowest BCUT2D eigenvalue weighted by Gasteiger charge is -2.06. The lowest BCUT2D eigenvalue weighted by molar-refractivity contribution is 0.0946. The van der Waals surface area contributed by atoms with Crippen LogP contribution in [0, 0.1) is 19.7 Å². The van der Waals surface area contributed by atoms with Gasteiger partial charge in [-0.1, -0.05) is 24.3 Å². The summed E-state index contributed by atoms with van der Waals surface area (Å²) < 4.78 is 14.2. The van der Waals surface area contributed by atoms with E-state index in [1.165, 1.54) is 6.07 Å². The fourth-order valence-electron chi connectivity index (χ4n) is 4.77. The van der Waals surface area contributed by atoms with Crippen LogP contribution >= 0.6 is 0 Å². The molecule has 36 heavy (non-hydrogen) atoms. The first-order valence-corrected chi connectivity index (χ1v) is 11.9. The van der Waals surface area contributed by atoms with E-state index in [4.69, 9.17) is 0 Å². The van der Waals surface area contributed by atoms with Gasteiger partial charge in [-0.2, -0.15) is 0 Å². The fraction of sp³-hybridized carbons (Fsp3) is 0.172. The van der Waals surface area contributed by atoms with Gasteiger partial charge in [0.1, 0.15) is 11.5 Å². The SMILES string of the molecule is CNC(=O)c1cccc(-c2ccc3[nH]c(C(=O)NCCc4c(C)[nH]c5c(F)ccc(C)c45)cc3c2)c1. The summed E-state index contributed by atoms with van der Waals surface area (Å²) in [6.45, 7) is 4.32. The van der Waals surface area contributed by atoms with E-state index in [-0.39, 0.29) is 17.6 Å². The summed E-state index contributed by atoms with van der Waals surface area (Å²) in [5.74, 6) is -0.608. The number of carbonyl (C=O) groups is 2. The van der Waals surface area contributed by atoms with E-state index in [0.717, 1.165) is 44.2 Å². The Morgan fingerprint density at radius 2 is 1.72 bits per heavy atom. The predicted molar refractivity (Wildman–Crippen MR) is 141 cm³/mol. The number of carbonyl (C=O) groups excluding carboxylic acids is 2. The Hall–Kier alpha value is -4.39. The molecule has 2 heterocycles. The fourth-order valence-corrected chi connectivity index (χ4v) is 4.77. The number of aromatic nitrogens is 2. The van der Waals surface area contributed by atoms with Crippen molar-refractivity contribution in [2.24, 2.45) is 0 Å². The van der Waals surface area contributed by atoms with Gasteiger partial charge in [-0.25, -0.2) is 4.39 Å². The first-order chi connectivity index (χ1) is 17.4. The molecule has 0 bridgehead atoms. The monoisotopic (exact) mass is 482 g/mol. The van der Waals surface area contributed by atoms with Crippen molar-refractivity contribution < 1.29 is 14.0 Å². The van der Waals surface area contributed by atoms with Gasteiger partial charge in [-0.3, -0.25) is 9.59 Å². The third-order valence-electron chi connectivity index (χ3n) is 6.64. The highest BCUT2D eigenvalue weighted by molar-refractivity contribution is 5.99. The second kappa shape index (κ2) is 9.34. The summed E-state index contributed by atoms with van der Waals surface area (Å²) in [5, 5.41) is 7.41. The Bertz CT molecular complexity index is 1630. The number of benzene rings is 3. The number of hydrogen-bond acceptors (Lipinski definition) is 2. The average molecular weight is 483 g/mol. The number of halogens is 1. The molecular weight excluding hydrogens is 455 g/mol. The summed E-state index contributed by atoms with van der Waals surface area (Å²) in [4.78, 5) is 31.2. The molecule has 0 aliphatic heterocycles. The molecule has 2 amide bonds. The highest BCUT2D eigenvalue weighted by atomic mass is 19.1. The summed E-state index contributed by atoms with van der Waals surface area (Å²) >= 11 is 0. The molecule has 6 nitrogen and oxygen atoms in total. The molecular formula is C29H27FN4O2. The number of fused-ring (bicyclic) bond motifs is 2. The molecule has 0 atom stereocenters. The van der Waals surface area contributed by atoms with Gasteiger partial charge < -0.3 is 20.6 Å². The molecule has 0 aliphatic rings. The number of rotatable bonds is 6. The van der Waals surface area contributed by atoms with Crippen molar-refractivity contribution in [2.75, 3.05) is 13.6 Å². The average Bonchev–Trinajstić information content (AvgIpc) is 3.47. The normalized spacial score (nSPS) is 11.2. The Morgan fingerprint density at radius 1 is 0.917 bits per heavy atom. The van der Waals surface area contributed by atoms with E-state index in [1.807, 2.05) is 56.3 Å². The molecule has 0 unspecified atom stereocenters. The third kappa shape index (κ3) is 4.24. The minimum absolute atomic E-state index is 0.137. The number of H-pyrrole nitrogens is 2. The Labute approximate surface area is 207 Å². The Kier molecular flexibility index (Phi) is 6.06. The van der Waals surface area contributed by atoms with Gasteiger partial charge in [-0.05, 0) is 78.9 Å². The van der Waals surface area contributed by atoms with Crippen molar-refractivity contribution >= 4 is 33.6 Å². The molecule has 0 aliphatic carbocycles. The summed E-state index contributed by atoms with van der Waals surface area (Å²) in [5.41, 5.74) is 7.23. The van der Waals surface area contributed by atoms with Gasteiger partial charge in [-0.15, -0.1) is 0 Å². The highest BCUT2D eigenvalue weighted by Gasteiger charge is 2.15. The number of hydrogen-bond donors (Lipinski definition) is 4. The molecule has 7 heteroatoms. The van der Waals surface area contributed by atoms with Gasteiger partial charge in [0.25, 0.3) is 11.8 Å². The predicted octanol–water partition coefficient (Wildman–Crippen LogP) is 5.40. The zero-order valence-electron chi connectivity index (χ0n) is 20.4. The lowest BCUT2D eigenvalue weighted by Crippen LogP contribution is -2.26. The number of aromatic amines is 2. The van der Waals surface area contributed by atoms with E-state index in [2.05, 4.69) is 20.6 Å². The quantitative estimate of drug-likeness (QED) is 0.261. The summed E-state index contributed by atoms with van der Waals surface area (Å²) in [6.07, 6.45) is 0.591. The number of amides is 2.